The minimum Gasteiger partial charge on any atom is -1.00 e. The molecule has 3 nitrogen and oxygen atoms in total. The van der Waals surface area contributed by atoms with Crippen molar-refractivity contribution in [3.8, 4) is 5.75 Å². The van der Waals surface area contributed by atoms with Gasteiger partial charge in [-0.3, -0.25) is 0 Å². The second kappa shape index (κ2) is 12.0. The molecule has 1 heterocycles. The van der Waals surface area contributed by atoms with E-state index in [2.05, 4.69) is 48.2 Å². The van der Waals surface area contributed by atoms with E-state index in [4.69, 9.17) is 9.47 Å². The number of hydrogen-bond donors (Lipinski definition) is 0. The first kappa shape index (κ1) is 21.7. The number of hydrogen-bond acceptors (Lipinski definition) is 3. The molecule has 0 spiro atoms. The zero-order chi connectivity index (χ0) is 18.0. The summed E-state index contributed by atoms with van der Waals surface area (Å²) in [7, 11) is 0. The first-order chi connectivity index (χ1) is 12.8. The Hall–Kier alpha value is -1.55. The van der Waals surface area contributed by atoms with Crippen molar-refractivity contribution >= 4 is 0 Å². The minimum atomic E-state index is 0. The highest BCUT2D eigenvalue weighted by atomic mass is 35.5. The molecule has 2 aromatic carbocycles. The molecule has 4 heteroatoms. The fourth-order valence-corrected chi connectivity index (χ4v) is 3.59. The maximum atomic E-state index is 5.76. The molecule has 148 valence electrons. The van der Waals surface area contributed by atoms with Crippen molar-refractivity contribution in [3.63, 3.8) is 0 Å². The summed E-state index contributed by atoms with van der Waals surface area (Å²) >= 11 is 0. The Balaban J connectivity index is 0.00000261. The van der Waals surface area contributed by atoms with Gasteiger partial charge in [-0.05, 0) is 62.4 Å². The SMILES string of the molecule is Cc1ccccc1OCCOCCN1CCC(Cc2ccccc2)CC1.[Cl-]. The Bertz CT molecular complexity index is 642. The standard InChI is InChI=1S/C23H31NO2.ClH/c1-20-7-5-6-10-23(20)26-18-17-25-16-15-24-13-11-22(12-14-24)19-21-8-3-2-4-9-21;/h2-10,22H,11-19H2,1H3;1H/p-1. The number of benzene rings is 2. The third-order valence-corrected chi connectivity index (χ3v) is 5.21. The molecule has 0 aromatic heterocycles. The van der Waals surface area contributed by atoms with Gasteiger partial charge in [-0.25, -0.2) is 0 Å². The third kappa shape index (κ3) is 7.53. The maximum absolute atomic E-state index is 5.76. The molecule has 0 amide bonds. The quantitative estimate of drug-likeness (QED) is 0.605. The van der Waals surface area contributed by atoms with Gasteiger partial charge in [0.1, 0.15) is 12.4 Å². The topological polar surface area (TPSA) is 21.7 Å². The van der Waals surface area contributed by atoms with Gasteiger partial charge >= 0.3 is 0 Å². The molecule has 2 aromatic rings. The number of ether oxygens (including phenoxy) is 2. The molecule has 0 atom stereocenters. The van der Waals surface area contributed by atoms with Crippen LogP contribution in [0.4, 0.5) is 0 Å². The highest BCUT2D eigenvalue weighted by molar-refractivity contribution is 5.31. The van der Waals surface area contributed by atoms with Gasteiger partial charge in [-0.2, -0.15) is 0 Å². The Morgan fingerprint density at radius 3 is 2.33 bits per heavy atom. The lowest BCUT2D eigenvalue weighted by molar-refractivity contribution is -0.00000616. The molecule has 1 saturated heterocycles. The molecule has 0 bridgehead atoms. The summed E-state index contributed by atoms with van der Waals surface area (Å²) in [6, 6.07) is 19.0. The normalized spacial score (nSPS) is 15.3. The average molecular weight is 389 g/mol. The van der Waals surface area contributed by atoms with Crippen molar-refractivity contribution in [2.24, 2.45) is 5.92 Å². The number of likely N-dealkylation sites (tertiary alicyclic amines) is 1. The summed E-state index contributed by atoms with van der Waals surface area (Å²) in [5.41, 5.74) is 2.65. The van der Waals surface area contributed by atoms with E-state index in [1.807, 2.05) is 18.2 Å². The van der Waals surface area contributed by atoms with E-state index in [0.717, 1.165) is 24.8 Å². The zero-order valence-corrected chi connectivity index (χ0v) is 17.0. The number of piperidine rings is 1. The van der Waals surface area contributed by atoms with Crippen LogP contribution in [-0.2, 0) is 11.2 Å². The summed E-state index contributed by atoms with van der Waals surface area (Å²) in [6.45, 7) is 7.55. The smallest absolute Gasteiger partial charge is 0.122 e. The van der Waals surface area contributed by atoms with Crippen LogP contribution in [0.1, 0.15) is 24.0 Å². The number of halogens is 1. The lowest BCUT2D eigenvalue weighted by atomic mass is 9.90. The third-order valence-electron chi connectivity index (χ3n) is 5.21. The Morgan fingerprint density at radius 1 is 0.889 bits per heavy atom. The number of para-hydroxylation sites is 1. The highest BCUT2D eigenvalue weighted by Crippen LogP contribution is 2.21. The molecule has 1 aliphatic rings. The molecule has 3 rings (SSSR count). The molecule has 0 radical (unpaired) electrons. The Kier molecular flexibility index (Phi) is 9.68. The van der Waals surface area contributed by atoms with Crippen molar-refractivity contribution in [2.75, 3.05) is 39.5 Å². The minimum absolute atomic E-state index is 0. The summed E-state index contributed by atoms with van der Waals surface area (Å²) in [6.07, 6.45) is 3.82. The summed E-state index contributed by atoms with van der Waals surface area (Å²) in [5.74, 6) is 1.79. The van der Waals surface area contributed by atoms with Gasteiger partial charge in [-0.15, -0.1) is 0 Å². The van der Waals surface area contributed by atoms with Crippen LogP contribution < -0.4 is 17.1 Å². The Labute approximate surface area is 170 Å². The summed E-state index contributed by atoms with van der Waals surface area (Å²) < 4.78 is 11.5. The van der Waals surface area contributed by atoms with E-state index in [-0.39, 0.29) is 12.4 Å². The molecular weight excluding hydrogens is 358 g/mol. The second-order valence-electron chi connectivity index (χ2n) is 7.20. The van der Waals surface area contributed by atoms with E-state index in [1.165, 1.54) is 43.5 Å². The average Bonchev–Trinajstić information content (AvgIpc) is 2.68. The van der Waals surface area contributed by atoms with Gasteiger partial charge < -0.3 is 26.8 Å². The largest absolute Gasteiger partial charge is 1.00 e. The summed E-state index contributed by atoms with van der Waals surface area (Å²) in [5, 5.41) is 0. The van der Waals surface area contributed by atoms with Crippen LogP contribution in [0.25, 0.3) is 0 Å². The highest BCUT2D eigenvalue weighted by Gasteiger charge is 2.19. The van der Waals surface area contributed by atoms with Crippen LogP contribution in [0.5, 0.6) is 5.75 Å². The molecule has 0 N–H and O–H groups in total. The van der Waals surface area contributed by atoms with Crippen molar-refractivity contribution in [1.82, 2.24) is 4.90 Å². The van der Waals surface area contributed by atoms with Crippen LogP contribution in [0, 0.1) is 12.8 Å². The van der Waals surface area contributed by atoms with Crippen LogP contribution in [0.15, 0.2) is 54.6 Å². The zero-order valence-electron chi connectivity index (χ0n) is 16.3. The van der Waals surface area contributed by atoms with Crippen molar-refractivity contribution < 1.29 is 21.9 Å². The summed E-state index contributed by atoms with van der Waals surface area (Å²) in [4.78, 5) is 2.53. The first-order valence-corrected chi connectivity index (χ1v) is 9.84. The van der Waals surface area contributed by atoms with Crippen molar-refractivity contribution in [1.29, 1.82) is 0 Å². The van der Waals surface area contributed by atoms with Gasteiger partial charge in [-0.1, -0.05) is 48.5 Å². The maximum Gasteiger partial charge on any atom is 0.122 e. The van der Waals surface area contributed by atoms with Gasteiger partial charge in [0.15, 0.2) is 0 Å². The van der Waals surface area contributed by atoms with Gasteiger partial charge in [0.2, 0.25) is 0 Å². The fourth-order valence-electron chi connectivity index (χ4n) is 3.59. The second-order valence-corrected chi connectivity index (χ2v) is 7.20. The van der Waals surface area contributed by atoms with Crippen LogP contribution in [0.3, 0.4) is 0 Å². The number of nitrogens with zero attached hydrogens (tertiary/aromatic N) is 1. The van der Waals surface area contributed by atoms with Gasteiger partial charge in [0, 0.05) is 6.54 Å². The van der Waals surface area contributed by atoms with Gasteiger partial charge in [0.25, 0.3) is 0 Å². The fraction of sp³-hybridized carbons (Fsp3) is 0.478. The van der Waals surface area contributed by atoms with Crippen molar-refractivity contribution in [3.05, 3.63) is 65.7 Å². The van der Waals surface area contributed by atoms with E-state index in [1.54, 1.807) is 0 Å². The number of rotatable bonds is 9. The Morgan fingerprint density at radius 2 is 1.59 bits per heavy atom. The molecular formula is C23H31ClNO2-. The van der Waals surface area contributed by atoms with E-state index >= 15 is 0 Å². The van der Waals surface area contributed by atoms with Crippen LogP contribution in [-0.4, -0.2) is 44.4 Å². The lowest BCUT2D eigenvalue weighted by Gasteiger charge is -2.31. The molecule has 27 heavy (non-hydrogen) atoms. The molecule has 1 aliphatic heterocycles. The predicted molar refractivity (Wildman–Crippen MR) is 107 cm³/mol. The predicted octanol–water partition coefficient (Wildman–Crippen LogP) is 1.35. The van der Waals surface area contributed by atoms with Crippen LogP contribution in [0.2, 0.25) is 0 Å². The van der Waals surface area contributed by atoms with E-state index in [0.29, 0.717) is 13.2 Å². The van der Waals surface area contributed by atoms with Crippen LogP contribution >= 0.6 is 0 Å². The van der Waals surface area contributed by atoms with Gasteiger partial charge in [0.05, 0.1) is 13.2 Å². The molecule has 0 saturated carbocycles. The lowest BCUT2D eigenvalue weighted by Crippen LogP contribution is -3.00. The van der Waals surface area contributed by atoms with Crippen molar-refractivity contribution in [2.45, 2.75) is 26.2 Å². The van der Waals surface area contributed by atoms with E-state index < -0.39 is 0 Å². The monoisotopic (exact) mass is 388 g/mol. The molecule has 0 aliphatic carbocycles. The first-order valence-electron chi connectivity index (χ1n) is 9.84. The molecule has 1 fully saturated rings. The molecule has 0 unspecified atom stereocenters. The number of aryl methyl sites for hydroxylation is 1. The van der Waals surface area contributed by atoms with E-state index in [9.17, 15) is 0 Å².